The number of hydrogen-bond acceptors (Lipinski definition) is 2. The standard InChI is InChI=1S/C64H48S2/c1-3-27-61-53(15-1)43-66-44-54-16-2-4-28-62(54)64-30-12-10-26-60(64)52-20-14-18-50(40-52)58-24-8-6-22-56(58)48-37-33-46(34-38-48)42-65-41-45-31-35-47(36-32-45)55-21-5-7-23-57(55)49-17-13-19-51(39-49)59-25-9-11-29-63(59)61/h1-40H,41-44H2. The molecule has 0 aliphatic carbocycles. The minimum atomic E-state index is 0.898. The Morgan fingerprint density at radius 2 is 0.470 bits per heavy atom. The fourth-order valence-corrected chi connectivity index (χ4v) is 11.6. The molecule has 0 spiro atoms. The van der Waals surface area contributed by atoms with Crippen LogP contribution in [0.2, 0.25) is 0 Å². The van der Waals surface area contributed by atoms with E-state index in [9.17, 15) is 0 Å². The summed E-state index contributed by atoms with van der Waals surface area (Å²) in [5.41, 5.74) is 25.2. The maximum Gasteiger partial charge on any atom is 0.0194 e. The van der Waals surface area contributed by atoms with Gasteiger partial charge in [0.05, 0.1) is 0 Å². The average Bonchev–Trinajstić information content (AvgIpc) is 3.39. The minimum absolute atomic E-state index is 0.898. The molecular formula is C64H48S2. The molecule has 0 amide bonds. The SMILES string of the molecule is c1cc2cc(c1)-c1ccccc1-c1ccccc1CSCc1ccccc1-c1ccccc1-c1cccc(c1)-c1ccccc1-c1ccc(cc1)CSCc1ccc(cc1)-c1ccccc1-2. The third-order valence-corrected chi connectivity index (χ3v) is 15.0. The van der Waals surface area contributed by atoms with Gasteiger partial charge in [-0.3, -0.25) is 0 Å². The fraction of sp³-hybridized carbons (Fsp3) is 0.0625. The van der Waals surface area contributed by atoms with Crippen LogP contribution in [-0.2, 0) is 23.0 Å². The van der Waals surface area contributed by atoms with Crippen molar-refractivity contribution in [2.75, 3.05) is 0 Å². The van der Waals surface area contributed by atoms with Crippen molar-refractivity contribution < 1.29 is 0 Å². The third-order valence-electron chi connectivity index (χ3n) is 12.9. The van der Waals surface area contributed by atoms with Gasteiger partial charge in [0.1, 0.15) is 0 Å². The lowest BCUT2D eigenvalue weighted by Gasteiger charge is -2.17. The minimum Gasteiger partial charge on any atom is -0.152 e. The molecule has 66 heavy (non-hydrogen) atoms. The summed E-state index contributed by atoms with van der Waals surface area (Å²) in [7, 11) is 0. The zero-order chi connectivity index (χ0) is 44.1. The topological polar surface area (TPSA) is 0 Å². The molecule has 0 saturated heterocycles. The van der Waals surface area contributed by atoms with E-state index < -0.39 is 0 Å². The molecule has 0 aromatic heterocycles. The van der Waals surface area contributed by atoms with Crippen LogP contribution < -0.4 is 0 Å². The Balaban J connectivity index is 0.993. The van der Waals surface area contributed by atoms with Crippen molar-refractivity contribution >= 4 is 23.5 Å². The van der Waals surface area contributed by atoms with E-state index in [4.69, 9.17) is 0 Å². The molecule has 0 N–H and O–H groups in total. The van der Waals surface area contributed by atoms with Crippen LogP contribution in [0, 0.1) is 0 Å². The summed E-state index contributed by atoms with van der Waals surface area (Å²) in [5, 5.41) is 0. The van der Waals surface area contributed by atoms with Crippen LogP contribution >= 0.6 is 23.5 Å². The number of fused-ring (bicyclic) bond motifs is 2. The predicted molar refractivity (Wildman–Crippen MR) is 286 cm³/mol. The van der Waals surface area contributed by atoms with Gasteiger partial charge >= 0.3 is 0 Å². The molecule has 10 aromatic carbocycles. The quantitative estimate of drug-likeness (QED) is 0.149. The second-order valence-electron chi connectivity index (χ2n) is 17.0. The summed E-state index contributed by atoms with van der Waals surface area (Å²) in [6, 6.07) is 90.1. The molecule has 13 rings (SSSR count). The van der Waals surface area contributed by atoms with E-state index in [2.05, 4.69) is 243 Å². The van der Waals surface area contributed by atoms with Crippen molar-refractivity contribution in [1.29, 1.82) is 0 Å². The van der Waals surface area contributed by atoms with E-state index in [0.29, 0.717) is 0 Å². The van der Waals surface area contributed by atoms with Gasteiger partial charge in [-0.05, 0) is 123 Å². The highest BCUT2D eigenvalue weighted by molar-refractivity contribution is 7.98. The molecule has 316 valence electrons. The Hall–Kier alpha value is -7.10. The van der Waals surface area contributed by atoms with E-state index in [-0.39, 0.29) is 0 Å². The third kappa shape index (κ3) is 8.71. The van der Waals surface area contributed by atoms with E-state index >= 15 is 0 Å². The smallest absolute Gasteiger partial charge is 0.0194 e. The van der Waals surface area contributed by atoms with Gasteiger partial charge in [-0.15, -0.1) is 0 Å². The predicted octanol–water partition coefficient (Wildman–Crippen LogP) is 18.2. The number of benzene rings is 10. The molecular weight excluding hydrogens is 833 g/mol. The summed E-state index contributed by atoms with van der Waals surface area (Å²) >= 11 is 3.95. The highest BCUT2D eigenvalue weighted by Crippen LogP contribution is 2.42. The molecule has 0 saturated carbocycles. The van der Waals surface area contributed by atoms with E-state index in [1.165, 1.54) is 111 Å². The maximum atomic E-state index is 2.37. The van der Waals surface area contributed by atoms with Crippen molar-refractivity contribution in [2.24, 2.45) is 0 Å². The first kappa shape index (κ1) is 41.6. The van der Waals surface area contributed by atoms with Crippen molar-refractivity contribution in [2.45, 2.75) is 23.0 Å². The first-order valence-electron chi connectivity index (χ1n) is 22.8. The normalized spacial score (nSPS) is 12.5. The zero-order valence-corrected chi connectivity index (χ0v) is 38.4. The van der Waals surface area contributed by atoms with Gasteiger partial charge < -0.3 is 0 Å². The monoisotopic (exact) mass is 880 g/mol. The molecule has 0 nitrogen and oxygen atoms in total. The Labute approximate surface area is 398 Å². The lowest BCUT2D eigenvalue weighted by Crippen LogP contribution is -1.94. The first-order valence-corrected chi connectivity index (χ1v) is 25.1. The summed E-state index contributed by atoms with van der Waals surface area (Å²) in [5.74, 6) is 3.72. The summed E-state index contributed by atoms with van der Waals surface area (Å²) in [6.07, 6.45) is 0. The van der Waals surface area contributed by atoms with Crippen molar-refractivity contribution in [3.8, 4) is 89.0 Å². The molecule has 0 atom stereocenters. The van der Waals surface area contributed by atoms with Crippen molar-refractivity contribution in [3.63, 3.8) is 0 Å². The Morgan fingerprint density at radius 3 is 0.833 bits per heavy atom. The molecule has 3 aliphatic rings. The molecule has 10 aromatic rings. The van der Waals surface area contributed by atoms with Crippen LogP contribution in [0.4, 0.5) is 0 Å². The second-order valence-corrected chi connectivity index (χ2v) is 19.0. The molecule has 2 heteroatoms. The molecule has 3 heterocycles. The highest BCUT2D eigenvalue weighted by Gasteiger charge is 2.17. The molecule has 0 unspecified atom stereocenters. The molecule has 8 bridgehead atoms. The number of thioether (sulfide) groups is 2. The molecule has 3 aliphatic heterocycles. The Kier molecular flexibility index (Phi) is 12.1. The highest BCUT2D eigenvalue weighted by atomic mass is 32.2. The summed E-state index contributed by atoms with van der Waals surface area (Å²) < 4.78 is 0. The largest absolute Gasteiger partial charge is 0.152 e. The first-order chi connectivity index (χ1) is 32.7. The van der Waals surface area contributed by atoms with Crippen LogP contribution in [0.5, 0.6) is 0 Å². The van der Waals surface area contributed by atoms with Gasteiger partial charge in [-0.1, -0.05) is 231 Å². The van der Waals surface area contributed by atoms with E-state index in [1.54, 1.807) is 0 Å². The van der Waals surface area contributed by atoms with Gasteiger partial charge in [-0.25, -0.2) is 0 Å². The van der Waals surface area contributed by atoms with Crippen molar-refractivity contribution in [1.82, 2.24) is 0 Å². The van der Waals surface area contributed by atoms with E-state index in [0.717, 1.165) is 23.0 Å². The Morgan fingerprint density at radius 1 is 0.197 bits per heavy atom. The second kappa shape index (κ2) is 19.2. The van der Waals surface area contributed by atoms with Crippen LogP contribution in [0.15, 0.2) is 243 Å². The van der Waals surface area contributed by atoms with Gasteiger partial charge in [0.2, 0.25) is 0 Å². The lowest BCUT2D eigenvalue weighted by atomic mass is 9.89. The van der Waals surface area contributed by atoms with E-state index in [1.807, 2.05) is 23.5 Å². The van der Waals surface area contributed by atoms with Gasteiger partial charge in [-0.2, -0.15) is 23.5 Å². The lowest BCUT2D eigenvalue weighted by molar-refractivity contribution is 1.36. The Bertz CT molecular complexity index is 3080. The zero-order valence-electron chi connectivity index (χ0n) is 36.7. The molecule has 0 radical (unpaired) electrons. The summed E-state index contributed by atoms with van der Waals surface area (Å²) in [4.78, 5) is 0. The van der Waals surface area contributed by atoms with Gasteiger partial charge in [0, 0.05) is 23.0 Å². The fourth-order valence-electron chi connectivity index (χ4n) is 9.56. The average molecular weight is 881 g/mol. The van der Waals surface area contributed by atoms with Crippen LogP contribution in [0.1, 0.15) is 22.3 Å². The van der Waals surface area contributed by atoms with Crippen molar-refractivity contribution in [3.05, 3.63) is 265 Å². The van der Waals surface area contributed by atoms with Crippen LogP contribution in [-0.4, -0.2) is 0 Å². The van der Waals surface area contributed by atoms with Gasteiger partial charge in [0.15, 0.2) is 0 Å². The summed E-state index contributed by atoms with van der Waals surface area (Å²) in [6.45, 7) is 0. The number of hydrogen-bond donors (Lipinski definition) is 0. The maximum absolute atomic E-state index is 2.37. The number of rotatable bonds is 0. The van der Waals surface area contributed by atoms with Crippen LogP contribution in [0.3, 0.4) is 0 Å². The van der Waals surface area contributed by atoms with Crippen LogP contribution in [0.25, 0.3) is 89.0 Å². The molecule has 0 fully saturated rings. The van der Waals surface area contributed by atoms with Gasteiger partial charge in [0.25, 0.3) is 0 Å².